The minimum absolute atomic E-state index is 0.127. The zero-order chi connectivity index (χ0) is 23.4. The summed E-state index contributed by atoms with van der Waals surface area (Å²) in [6.07, 6.45) is 2.54. The number of anilines is 1. The predicted octanol–water partition coefficient (Wildman–Crippen LogP) is 3.11. The second kappa shape index (κ2) is 10.2. The Morgan fingerprint density at radius 2 is 1.64 bits per heavy atom. The van der Waals surface area contributed by atoms with E-state index in [1.807, 2.05) is 63.2 Å². The van der Waals surface area contributed by atoms with E-state index >= 15 is 0 Å². The van der Waals surface area contributed by atoms with Gasteiger partial charge in [0.1, 0.15) is 11.5 Å². The Labute approximate surface area is 195 Å². The van der Waals surface area contributed by atoms with Crippen molar-refractivity contribution in [3.63, 3.8) is 0 Å². The van der Waals surface area contributed by atoms with E-state index < -0.39 is 0 Å². The van der Waals surface area contributed by atoms with Crippen LogP contribution < -0.4 is 4.90 Å². The summed E-state index contributed by atoms with van der Waals surface area (Å²) in [5.41, 5.74) is 2.94. The highest BCUT2D eigenvalue weighted by Crippen LogP contribution is 2.32. The van der Waals surface area contributed by atoms with Crippen LogP contribution in [-0.2, 0) is 14.3 Å². The second-order valence-electron chi connectivity index (χ2n) is 8.79. The number of aryl methyl sites for hydroxylation is 1. The van der Waals surface area contributed by atoms with Crippen molar-refractivity contribution in [1.29, 1.82) is 0 Å². The topological polar surface area (TPSA) is 66.0 Å². The lowest BCUT2D eigenvalue weighted by molar-refractivity contribution is -0.137. The van der Waals surface area contributed by atoms with Gasteiger partial charge in [-0.15, -0.1) is 0 Å². The smallest absolute Gasteiger partial charge is 0.277 e. The Kier molecular flexibility index (Phi) is 7.08. The Morgan fingerprint density at radius 3 is 2.27 bits per heavy atom. The Bertz CT molecular complexity index is 1010. The van der Waals surface area contributed by atoms with Gasteiger partial charge >= 0.3 is 0 Å². The third-order valence-corrected chi connectivity index (χ3v) is 6.03. The van der Waals surface area contributed by atoms with E-state index in [-0.39, 0.29) is 17.9 Å². The molecular weight excluding hydrogens is 416 g/mol. The van der Waals surface area contributed by atoms with Crippen molar-refractivity contribution in [2.45, 2.75) is 33.3 Å². The third kappa shape index (κ3) is 5.09. The average Bonchev–Trinajstić information content (AvgIpc) is 3.07. The van der Waals surface area contributed by atoms with Gasteiger partial charge in [0.05, 0.1) is 11.7 Å². The van der Waals surface area contributed by atoms with Crippen LogP contribution in [-0.4, -0.2) is 72.0 Å². The normalized spacial score (nSPS) is 17.0. The first-order valence-corrected chi connectivity index (χ1v) is 11.7. The van der Waals surface area contributed by atoms with E-state index in [1.54, 1.807) is 6.20 Å². The molecule has 2 amide bonds. The van der Waals surface area contributed by atoms with Crippen LogP contribution in [0.1, 0.15) is 31.4 Å². The van der Waals surface area contributed by atoms with Gasteiger partial charge in [0.15, 0.2) is 0 Å². The van der Waals surface area contributed by atoms with Gasteiger partial charge in [-0.2, -0.15) is 0 Å². The van der Waals surface area contributed by atoms with Crippen LogP contribution in [0, 0.1) is 6.92 Å². The Morgan fingerprint density at radius 1 is 0.939 bits per heavy atom. The van der Waals surface area contributed by atoms with Crippen LogP contribution in [0.15, 0.2) is 54.4 Å². The van der Waals surface area contributed by atoms with Crippen LogP contribution >= 0.6 is 0 Å². The van der Waals surface area contributed by atoms with Crippen molar-refractivity contribution in [2.75, 3.05) is 44.2 Å². The number of nitrogens with zero attached hydrogens (tertiary/aromatic N) is 4. The summed E-state index contributed by atoms with van der Waals surface area (Å²) in [6, 6.07) is 13.7. The van der Waals surface area contributed by atoms with Gasteiger partial charge in [-0.1, -0.05) is 35.9 Å². The summed E-state index contributed by atoms with van der Waals surface area (Å²) in [5, 5.41) is 0. The molecule has 1 fully saturated rings. The van der Waals surface area contributed by atoms with E-state index in [1.165, 1.54) is 4.90 Å². The minimum Gasteiger partial charge on any atom is -0.379 e. The highest BCUT2D eigenvalue weighted by molar-refractivity contribution is 6.35. The van der Waals surface area contributed by atoms with Crippen molar-refractivity contribution in [2.24, 2.45) is 0 Å². The summed E-state index contributed by atoms with van der Waals surface area (Å²) < 4.78 is 5.61. The van der Waals surface area contributed by atoms with E-state index in [0.717, 1.165) is 30.0 Å². The second-order valence-corrected chi connectivity index (χ2v) is 8.79. The molecule has 0 unspecified atom stereocenters. The molecule has 7 nitrogen and oxygen atoms in total. The molecule has 3 heterocycles. The molecule has 2 aliphatic rings. The van der Waals surface area contributed by atoms with Gasteiger partial charge in [-0.05, 0) is 44.9 Å². The van der Waals surface area contributed by atoms with E-state index in [9.17, 15) is 9.59 Å². The number of hydrogen-bond acceptors (Lipinski definition) is 6. The molecule has 33 heavy (non-hydrogen) atoms. The summed E-state index contributed by atoms with van der Waals surface area (Å²) in [7, 11) is 0. The first-order valence-electron chi connectivity index (χ1n) is 11.7. The van der Waals surface area contributed by atoms with Gasteiger partial charge in [0.25, 0.3) is 11.8 Å². The quantitative estimate of drug-likeness (QED) is 0.457. The summed E-state index contributed by atoms with van der Waals surface area (Å²) in [5.74, 6) is 0.521. The number of ether oxygens (including phenoxy) is 1. The Balaban J connectivity index is 1.56. The molecule has 7 heteroatoms. The molecule has 1 aromatic heterocycles. The molecule has 0 saturated carbocycles. The van der Waals surface area contributed by atoms with E-state index in [2.05, 4.69) is 14.8 Å². The number of aromatic nitrogens is 1. The van der Waals surface area contributed by atoms with Gasteiger partial charge < -0.3 is 14.5 Å². The summed E-state index contributed by atoms with van der Waals surface area (Å²) >= 11 is 0. The first kappa shape index (κ1) is 23.0. The molecule has 4 rings (SSSR count). The van der Waals surface area contributed by atoms with Crippen LogP contribution in [0.4, 0.5) is 5.82 Å². The lowest BCUT2D eigenvalue weighted by Gasteiger charge is -2.37. The number of hydrogen-bond donors (Lipinski definition) is 0. The standard InChI is InChI=1S/C26H32N4O3/c1-19(2)33-18-6-13-30-25(31)23(21-10-8-20(3)9-11-21)24(26(30)32)29-16-14-28(15-17-29)22-7-4-5-12-27-22/h4-5,7-12,19H,6,13-18H2,1-3H3. The number of imide groups is 1. The fourth-order valence-corrected chi connectivity index (χ4v) is 4.28. The van der Waals surface area contributed by atoms with Crippen molar-refractivity contribution in [3.05, 3.63) is 65.5 Å². The third-order valence-electron chi connectivity index (χ3n) is 6.03. The lowest BCUT2D eigenvalue weighted by Crippen LogP contribution is -2.48. The molecule has 2 aliphatic heterocycles. The highest BCUT2D eigenvalue weighted by Gasteiger charge is 2.41. The van der Waals surface area contributed by atoms with Crippen molar-refractivity contribution in [1.82, 2.24) is 14.8 Å². The largest absolute Gasteiger partial charge is 0.379 e. The van der Waals surface area contributed by atoms with Crippen molar-refractivity contribution < 1.29 is 14.3 Å². The fraction of sp³-hybridized carbons (Fsp3) is 0.423. The summed E-state index contributed by atoms with van der Waals surface area (Å²) in [6.45, 7) is 9.65. The SMILES string of the molecule is Cc1ccc(C2=C(N3CCN(c4ccccn4)CC3)C(=O)N(CCCOC(C)C)C2=O)cc1. The van der Waals surface area contributed by atoms with Crippen LogP contribution in [0.25, 0.3) is 5.57 Å². The molecule has 1 aromatic carbocycles. The molecule has 174 valence electrons. The van der Waals surface area contributed by atoms with Crippen molar-refractivity contribution in [3.8, 4) is 0 Å². The van der Waals surface area contributed by atoms with E-state index in [4.69, 9.17) is 4.74 Å². The maximum Gasteiger partial charge on any atom is 0.277 e. The van der Waals surface area contributed by atoms with Gasteiger partial charge in [0.2, 0.25) is 0 Å². The van der Waals surface area contributed by atoms with Gasteiger partial charge in [0, 0.05) is 45.5 Å². The van der Waals surface area contributed by atoms with Gasteiger partial charge in [-0.25, -0.2) is 4.98 Å². The maximum absolute atomic E-state index is 13.5. The van der Waals surface area contributed by atoms with Crippen molar-refractivity contribution >= 4 is 23.2 Å². The average molecular weight is 449 g/mol. The molecular formula is C26H32N4O3. The summed E-state index contributed by atoms with van der Waals surface area (Å²) in [4.78, 5) is 37.0. The monoisotopic (exact) mass is 448 g/mol. The number of carbonyl (C=O) groups is 2. The van der Waals surface area contributed by atoms with Crippen LogP contribution in [0.5, 0.6) is 0 Å². The number of piperazine rings is 1. The van der Waals surface area contributed by atoms with E-state index in [0.29, 0.717) is 43.9 Å². The molecule has 0 radical (unpaired) electrons. The zero-order valence-electron chi connectivity index (χ0n) is 19.7. The number of carbonyl (C=O) groups excluding carboxylic acids is 2. The number of rotatable bonds is 8. The van der Waals surface area contributed by atoms with Gasteiger partial charge in [-0.3, -0.25) is 14.5 Å². The zero-order valence-corrected chi connectivity index (χ0v) is 19.7. The Hall–Kier alpha value is -3.19. The first-order chi connectivity index (χ1) is 16.0. The minimum atomic E-state index is -0.212. The van der Waals surface area contributed by atoms with Crippen LogP contribution in [0.3, 0.4) is 0 Å². The molecule has 0 spiro atoms. The number of benzene rings is 1. The number of amides is 2. The lowest BCUT2D eigenvalue weighted by atomic mass is 10.0. The predicted molar refractivity (Wildman–Crippen MR) is 129 cm³/mol. The fourth-order valence-electron chi connectivity index (χ4n) is 4.28. The molecule has 2 aromatic rings. The highest BCUT2D eigenvalue weighted by atomic mass is 16.5. The molecule has 1 saturated heterocycles. The molecule has 0 atom stereocenters. The number of pyridine rings is 1. The molecule has 0 aliphatic carbocycles. The maximum atomic E-state index is 13.5. The molecule has 0 N–H and O–H groups in total. The molecule has 0 bridgehead atoms. The van der Waals surface area contributed by atoms with Crippen LogP contribution in [0.2, 0.25) is 0 Å².